The third-order valence-electron chi connectivity index (χ3n) is 3.38. The maximum absolute atomic E-state index is 12.5. The number of amides is 1. The van der Waals surface area contributed by atoms with E-state index >= 15 is 0 Å². The number of benzene rings is 2. The van der Waals surface area contributed by atoms with Crippen molar-refractivity contribution in [2.24, 2.45) is 0 Å². The monoisotopic (exact) mass is 362 g/mol. The van der Waals surface area contributed by atoms with Crippen LogP contribution in [0, 0.1) is 6.92 Å². The summed E-state index contributed by atoms with van der Waals surface area (Å²) in [6.45, 7) is 1.72. The maximum atomic E-state index is 12.5. The quantitative estimate of drug-likeness (QED) is 0.795. The number of hydrogen-bond acceptors (Lipinski definition) is 5. The van der Waals surface area contributed by atoms with Gasteiger partial charge in [-0.3, -0.25) is 9.52 Å². The van der Waals surface area contributed by atoms with Crippen LogP contribution in [0.3, 0.4) is 0 Å². The second-order valence-electron chi connectivity index (χ2n) is 5.40. The van der Waals surface area contributed by atoms with Gasteiger partial charge in [0.1, 0.15) is 0 Å². The minimum absolute atomic E-state index is 0.222. The molecule has 0 fully saturated rings. The third-order valence-corrected chi connectivity index (χ3v) is 3.97. The van der Waals surface area contributed by atoms with E-state index in [2.05, 4.69) is 14.8 Å². The van der Waals surface area contributed by atoms with Crippen LogP contribution in [0.1, 0.15) is 26.3 Å². The Morgan fingerprint density at radius 1 is 1.04 bits per heavy atom. The minimum atomic E-state index is -3.47. The van der Waals surface area contributed by atoms with E-state index in [0.717, 1.165) is 6.26 Å². The fourth-order valence-electron chi connectivity index (χ4n) is 2.15. The molecule has 0 atom stereocenters. The fourth-order valence-corrected chi connectivity index (χ4v) is 2.77. The first-order valence-electron chi connectivity index (χ1n) is 7.28. The number of anilines is 2. The minimum Gasteiger partial charge on any atom is -0.465 e. The van der Waals surface area contributed by atoms with E-state index < -0.39 is 21.9 Å². The van der Waals surface area contributed by atoms with Gasteiger partial charge in [-0.25, -0.2) is 13.2 Å². The highest BCUT2D eigenvalue weighted by molar-refractivity contribution is 7.92. The highest BCUT2D eigenvalue weighted by atomic mass is 32.2. The fraction of sp³-hybridized carbons (Fsp3) is 0.176. The normalized spacial score (nSPS) is 10.8. The zero-order chi connectivity index (χ0) is 18.6. The van der Waals surface area contributed by atoms with Crippen molar-refractivity contribution < 1.29 is 22.7 Å². The molecule has 0 saturated heterocycles. The molecule has 2 rings (SSSR count). The molecule has 2 N–H and O–H groups in total. The molecule has 2 aromatic carbocycles. The molecule has 0 saturated carbocycles. The van der Waals surface area contributed by atoms with Crippen LogP contribution in [-0.2, 0) is 14.8 Å². The average molecular weight is 362 g/mol. The number of nitrogens with one attached hydrogen (secondary N) is 2. The van der Waals surface area contributed by atoms with Crippen molar-refractivity contribution in [2.45, 2.75) is 6.92 Å². The van der Waals surface area contributed by atoms with E-state index in [4.69, 9.17) is 0 Å². The van der Waals surface area contributed by atoms with Gasteiger partial charge in [-0.05, 0) is 36.8 Å². The smallest absolute Gasteiger partial charge is 0.339 e. The third kappa shape index (κ3) is 4.80. The van der Waals surface area contributed by atoms with Gasteiger partial charge >= 0.3 is 5.97 Å². The topological polar surface area (TPSA) is 102 Å². The van der Waals surface area contributed by atoms with Crippen molar-refractivity contribution in [2.75, 3.05) is 23.4 Å². The molecular weight excluding hydrogens is 344 g/mol. The number of aryl methyl sites for hydroxylation is 1. The maximum Gasteiger partial charge on any atom is 0.339 e. The van der Waals surface area contributed by atoms with E-state index in [1.54, 1.807) is 37.3 Å². The number of ether oxygens (including phenoxy) is 1. The van der Waals surface area contributed by atoms with Gasteiger partial charge in [-0.15, -0.1) is 0 Å². The highest BCUT2D eigenvalue weighted by Crippen LogP contribution is 2.21. The lowest BCUT2D eigenvalue weighted by Crippen LogP contribution is -2.16. The lowest BCUT2D eigenvalue weighted by molar-refractivity contribution is 0.0602. The average Bonchev–Trinajstić information content (AvgIpc) is 2.55. The zero-order valence-electron chi connectivity index (χ0n) is 14.0. The Balaban J connectivity index is 2.31. The molecule has 0 aliphatic carbocycles. The lowest BCUT2D eigenvalue weighted by atomic mass is 10.1. The number of carbonyl (C=O) groups is 2. The van der Waals surface area contributed by atoms with Gasteiger partial charge < -0.3 is 10.1 Å². The summed E-state index contributed by atoms with van der Waals surface area (Å²) < 4.78 is 29.9. The molecule has 132 valence electrons. The van der Waals surface area contributed by atoms with Crippen LogP contribution in [-0.4, -0.2) is 33.7 Å². The molecule has 0 spiro atoms. The molecule has 25 heavy (non-hydrogen) atoms. The first kappa shape index (κ1) is 18.5. The summed E-state index contributed by atoms with van der Waals surface area (Å²) >= 11 is 0. The Labute approximate surface area is 146 Å². The van der Waals surface area contributed by atoms with Crippen molar-refractivity contribution in [3.63, 3.8) is 0 Å². The number of carbonyl (C=O) groups excluding carboxylic acids is 2. The Hall–Kier alpha value is -2.87. The molecule has 2 aromatic rings. The number of esters is 1. The Morgan fingerprint density at radius 3 is 2.36 bits per heavy atom. The molecule has 0 bridgehead atoms. The van der Waals surface area contributed by atoms with Gasteiger partial charge in [-0.2, -0.15) is 0 Å². The van der Waals surface area contributed by atoms with Crippen molar-refractivity contribution >= 4 is 33.3 Å². The molecule has 0 aliphatic heterocycles. The molecule has 0 unspecified atom stereocenters. The van der Waals surface area contributed by atoms with E-state index in [0.29, 0.717) is 16.9 Å². The summed E-state index contributed by atoms with van der Waals surface area (Å²) in [5.74, 6) is -1.05. The van der Waals surface area contributed by atoms with Crippen molar-refractivity contribution in [1.82, 2.24) is 0 Å². The van der Waals surface area contributed by atoms with Gasteiger partial charge in [0.05, 0.1) is 30.3 Å². The van der Waals surface area contributed by atoms with Crippen LogP contribution in [0.15, 0.2) is 42.5 Å². The van der Waals surface area contributed by atoms with Crippen LogP contribution in [0.5, 0.6) is 0 Å². The predicted octanol–water partition coefficient (Wildman–Crippen LogP) is 2.41. The van der Waals surface area contributed by atoms with Gasteiger partial charge in [-0.1, -0.05) is 18.2 Å². The second-order valence-corrected chi connectivity index (χ2v) is 7.14. The van der Waals surface area contributed by atoms with E-state index in [1.807, 2.05) is 0 Å². The standard InChI is InChI=1S/C17H18N2O5S/c1-11-8-9-12(10-15(11)19-25(3,22)23)16(20)18-14-7-5-4-6-13(14)17(21)24-2/h4-10,19H,1-3H3,(H,18,20). The van der Waals surface area contributed by atoms with Gasteiger partial charge in [0, 0.05) is 5.56 Å². The summed E-state index contributed by atoms with van der Waals surface area (Å²) in [6.07, 6.45) is 1.03. The predicted molar refractivity (Wildman–Crippen MR) is 95.4 cm³/mol. The molecule has 1 amide bonds. The molecule has 0 aliphatic rings. The van der Waals surface area contributed by atoms with Gasteiger partial charge in [0.15, 0.2) is 0 Å². The zero-order valence-corrected chi connectivity index (χ0v) is 14.8. The van der Waals surface area contributed by atoms with Crippen LogP contribution >= 0.6 is 0 Å². The first-order chi connectivity index (χ1) is 11.7. The second kappa shape index (κ2) is 7.35. The number of rotatable bonds is 5. The SMILES string of the molecule is COC(=O)c1ccccc1NC(=O)c1ccc(C)c(NS(C)(=O)=O)c1. The summed E-state index contributed by atoms with van der Waals surface area (Å²) in [6, 6.07) is 11.1. The molecule has 0 heterocycles. The van der Waals surface area contributed by atoms with Gasteiger partial charge in [0.2, 0.25) is 10.0 Å². The van der Waals surface area contributed by atoms with Crippen LogP contribution in [0.4, 0.5) is 11.4 Å². The summed E-state index contributed by atoms with van der Waals surface area (Å²) in [5, 5.41) is 2.63. The summed E-state index contributed by atoms with van der Waals surface area (Å²) in [7, 11) is -2.21. The van der Waals surface area contributed by atoms with E-state index in [9.17, 15) is 18.0 Å². The molecule has 0 radical (unpaired) electrons. The van der Waals surface area contributed by atoms with Crippen molar-refractivity contribution in [1.29, 1.82) is 0 Å². The molecule has 7 nitrogen and oxygen atoms in total. The molecule has 0 aromatic heterocycles. The van der Waals surface area contributed by atoms with Gasteiger partial charge in [0.25, 0.3) is 5.91 Å². The van der Waals surface area contributed by atoms with E-state index in [1.165, 1.54) is 19.2 Å². The molecular formula is C17H18N2O5S. The highest BCUT2D eigenvalue weighted by Gasteiger charge is 2.15. The largest absolute Gasteiger partial charge is 0.465 e. The summed E-state index contributed by atoms with van der Waals surface area (Å²) in [4.78, 5) is 24.2. The first-order valence-corrected chi connectivity index (χ1v) is 9.17. The number of methoxy groups -OCH3 is 1. The van der Waals surface area contributed by atoms with Crippen LogP contribution in [0.2, 0.25) is 0 Å². The Bertz CT molecular complexity index is 922. The number of sulfonamides is 1. The van der Waals surface area contributed by atoms with Crippen LogP contribution < -0.4 is 10.0 Å². The van der Waals surface area contributed by atoms with Crippen LogP contribution in [0.25, 0.3) is 0 Å². The number of hydrogen-bond donors (Lipinski definition) is 2. The van der Waals surface area contributed by atoms with Crippen molar-refractivity contribution in [3.05, 3.63) is 59.2 Å². The van der Waals surface area contributed by atoms with E-state index in [-0.39, 0.29) is 11.1 Å². The Kier molecular flexibility index (Phi) is 5.43. The number of para-hydroxylation sites is 1. The van der Waals surface area contributed by atoms with Crippen molar-refractivity contribution in [3.8, 4) is 0 Å². The molecule has 8 heteroatoms. The lowest BCUT2D eigenvalue weighted by Gasteiger charge is -2.12. The Morgan fingerprint density at radius 2 is 1.72 bits per heavy atom. The summed E-state index contributed by atoms with van der Waals surface area (Å²) in [5.41, 5.74) is 1.77.